The van der Waals surface area contributed by atoms with Crippen LogP contribution in [0.25, 0.3) is 33.1 Å². The van der Waals surface area contributed by atoms with E-state index < -0.39 is 17.5 Å². The van der Waals surface area contributed by atoms with Gasteiger partial charge in [-0.15, -0.1) is 11.3 Å². The Morgan fingerprint density at radius 3 is 2.86 bits per heavy atom. The lowest BCUT2D eigenvalue weighted by Gasteiger charge is -2.20. The maximum absolute atomic E-state index is 13.7. The van der Waals surface area contributed by atoms with Crippen molar-refractivity contribution in [2.24, 2.45) is 0 Å². The monoisotopic (exact) mass is 418 g/mol. The summed E-state index contributed by atoms with van der Waals surface area (Å²) < 4.78 is 26.3. The zero-order valence-corrected chi connectivity index (χ0v) is 16.9. The van der Waals surface area contributed by atoms with E-state index in [1.165, 1.54) is 28.0 Å². The van der Waals surface area contributed by atoms with E-state index >= 15 is 0 Å². The van der Waals surface area contributed by atoms with E-state index in [9.17, 15) is 9.18 Å². The Labute approximate surface area is 169 Å². The van der Waals surface area contributed by atoms with Gasteiger partial charge < -0.3 is 9.15 Å². The molecule has 0 amide bonds. The van der Waals surface area contributed by atoms with Gasteiger partial charge in [-0.25, -0.2) is 14.2 Å². The van der Waals surface area contributed by atoms with Crippen molar-refractivity contribution in [3.05, 3.63) is 52.7 Å². The third kappa shape index (κ3) is 3.55. The average Bonchev–Trinajstić information content (AvgIpc) is 3.31. The molecule has 0 fully saturated rings. The fraction of sp³-hybridized carbons (Fsp3) is 0.200. The van der Waals surface area contributed by atoms with Crippen molar-refractivity contribution in [1.29, 1.82) is 0 Å². The van der Waals surface area contributed by atoms with Gasteiger partial charge in [0.1, 0.15) is 27.7 Å². The van der Waals surface area contributed by atoms with Crippen LogP contribution in [0, 0.1) is 5.82 Å². The van der Waals surface area contributed by atoms with Crippen LogP contribution in [-0.2, 0) is 4.74 Å². The molecule has 0 spiro atoms. The number of carbonyl (C=O) groups is 1. The SMILES string of the molecule is CC(C)(C)OC(=O)n1cccc1-c1nc(-c2cc3cc(F)c(Cl)cc3o2)cs1. The molecule has 3 aromatic heterocycles. The van der Waals surface area contributed by atoms with Crippen LogP contribution in [0.5, 0.6) is 0 Å². The number of carbonyl (C=O) groups excluding carboxylic acids is 1. The topological polar surface area (TPSA) is 57.3 Å². The molecular weight excluding hydrogens is 403 g/mol. The molecule has 0 N–H and O–H groups in total. The lowest BCUT2D eigenvalue weighted by atomic mass is 10.2. The molecule has 4 aromatic rings. The quantitative estimate of drug-likeness (QED) is 0.368. The number of furan rings is 1. The molecule has 0 aliphatic carbocycles. The molecule has 0 radical (unpaired) electrons. The van der Waals surface area contributed by atoms with Crippen LogP contribution >= 0.6 is 22.9 Å². The van der Waals surface area contributed by atoms with Gasteiger partial charge in [-0.2, -0.15) is 0 Å². The Hall–Kier alpha value is -2.64. The summed E-state index contributed by atoms with van der Waals surface area (Å²) in [6.07, 6.45) is 1.16. The van der Waals surface area contributed by atoms with Crippen molar-refractivity contribution >= 4 is 40.0 Å². The molecule has 5 nitrogen and oxygen atoms in total. The molecule has 8 heteroatoms. The normalized spacial score (nSPS) is 11.9. The molecule has 4 rings (SSSR count). The van der Waals surface area contributed by atoms with Crippen molar-refractivity contribution in [1.82, 2.24) is 9.55 Å². The van der Waals surface area contributed by atoms with Crippen LogP contribution in [0.4, 0.5) is 9.18 Å². The number of thiazole rings is 1. The van der Waals surface area contributed by atoms with Crippen molar-refractivity contribution in [3.63, 3.8) is 0 Å². The van der Waals surface area contributed by atoms with Gasteiger partial charge in [-0.1, -0.05) is 11.6 Å². The molecular formula is C20H16ClFN2O3S. The molecule has 0 bridgehead atoms. The average molecular weight is 419 g/mol. The standard InChI is InChI=1S/C20H16ClFN2O3S/c1-20(2,3)27-19(25)24-6-4-5-15(24)18-23-14(10-28-18)17-8-11-7-13(22)12(21)9-16(11)26-17/h4-10H,1-3H3. The number of hydrogen-bond acceptors (Lipinski definition) is 5. The van der Waals surface area contributed by atoms with Crippen LogP contribution < -0.4 is 0 Å². The second-order valence-corrected chi connectivity index (χ2v) is 8.46. The molecule has 144 valence electrons. The van der Waals surface area contributed by atoms with Crippen LogP contribution in [-0.4, -0.2) is 21.2 Å². The van der Waals surface area contributed by atoms with Crippen LogP contribution in [0.1, 0.15) is 20.8 Å². The van der Waals surface area contributed by atoms with Gasteiger partial charge >= 0.3 is 6.09 Å². The summed E-state index contributed by atoms with van der Waals surface area (Å²) in [6, 6.07) is 8.02. The molecule has 0 saturated heterocycles. The highest BCUT2D eigenvalue weighted by molar-refractivity contribution is 7.13. The summed E-state index contributed by atoms with van der Waals surface area (Å²) in [5, 5.41) is 3.05. The van der Waals surface area contributed by atoms with E-state index in [1.54, 1.807) is 24.4 Å². The van der Waals surface area contributed by atoms with Gasteiger partial charge in [-0.3, -0.25) is 4.57 Å². The maximum atomic E-state index is 13.7. The van der Waals surface area contributed by atoms with Gasteiger partial charge in [-0.05, 0) is 45.0 Å². The Kier molecular flexibility index (Phi) is 4.51. The van der Waals surface area contributed by atoms with Gasteiger partial charge in [0.15, 0.2) is 5.76 Å². The summed E-state index contributed by atoms with van der Waals surface area (Å²) in [5.74, 6) is -0.00906. The van der Waals surface area contributed by atoms with Gasteiger partial charge in [0, 0.05) is 23.0 Å². The van der Waals surface area contributed by atoms with E-state index in [4.69, 9.17) is 20.8 Å². The Balaban J connectivity index is 1.68. The predicted molar refractivity (Wildman–Crippen MR) is 107 cm³/mol. The minimum Gasteiger partial charge on any atom is -0.454 e. The zero-order chi connectivity index (χ0) is 20.1. The van der Waals surface area contributed by atoms with Crippen molar-refractivity contribution in [3.8, 4) is 22.2 Å². The first-order chi connectivity index (χ1) is 13.2. The summed E-state index contributed by atoms with van der Waals surface area (Å²) in [5.41, 5.74) is 1.09. The highest BCUT2D eigenvalue weighted by Crippen LogP contribution is 2.34. The smallest absolute Gasteiger partial charge is 0.419 e. The van der Waals surface area contributed by atoms with Gasteiger partial charge in [0.25, 0.3) is 0 Å². The van der Waals surface area contributed by atoms with E-state index in [0.29, 0.717) is 33.1 Å². The third-order valence-electron chi connectivity index (χ3n) is 3.87. The van der Waals surface area contributed by atoms with Crippen molar-refractivity contribution in [2.75, 3.05) is 0 Å². The zero-order valence-electron chi connectivity index (χ0n) is 15.3. The van der Waals surface area contributed by atoms with Crippen molar-refractivity contribution in [2.45, 2.75) is 26.4 Å². The van der Waals surface area contributed by atoms with Gasteiger partial charge in [0.05, 0.1) is 10.7 Å². The van der Waals surface area contributed by atoms with Crippen LogP contribution in [0.2, 0.25) is 5.02 Å². The Morgan fingerprint density at radius 2 is 2.11 bits per heavy atom. The number of ether oxygens (including phenoxy) is 1. The number of hydrogen-bond donors (Lipinski definition) is 0. The lowest BCUT2D eigenvalue weighted by molar-refractivity contribution is 0.0540. The number of nitrogens with zero attached hydrogens (tertiary/aromatic N) is 2. The van der Waals surface area contributed by atoms with Crippen LogP contribution in [0.15, 0.2) is 46.3 Å². The minimum atomic E-state index is -0.600. The second-order valence-electron chi connectivity index (χ2n) is 7.20. The van der Waals surface area contributed by atoms with E-state index in [0.717, 1.165) is 0 Å². The molecule has 0 aliphatic rings. The van der Waals surface area contributed by atoms with Crippen molar-refractivity contribution < 1.29 is 18.3 Å². The molecule has 0 saturated carbocycles. The lowest BCUT2D eigenvalue weighted by Crippen LogP contribution is -2.27. The molecule has 28 heavy (non-hydrogen) atoms. The first kappa shape index (κ1) is 18.7. The summed E-state index contributed by atoms with van der Waals surface area (Å²) in [4.78, 5) is 17.0. The Bertz CT molecular complexity index is 1150. The first-order valence-electron chi connectivity index (χ1n) is 8.47. The summed E-state index contributed by atoms with van der Waals surface area (Å²) in [7, 11) is 0. The minimum absolute atomic E-state index is 0.00237. The Morgan fingerprint density at radius 1 is 1.32 bits per heavy atom. The fourth-order valence-electron chi connectivity index (χ4n) is 2.69. The first-order valence-corrected chi connectivity index (χ1v) is 9.72. The van der Waals surface area contributed by atoms with E-state index in [2.05, 4.69) is 4.98 Å². The second kappa shape index (κ2) is 6.76. The van der Waals surface area contributed by atoms with Gasteiger partial charge in [0.2, 0.25) is 0 Å². The number of benzene rings is 1. The fourth-order valence-corrected chi connectivity index (χ4v) is 3.67. The molecule has 0 atom stereocenters. The molecule has 0 unspecified atom stereocenters. The summed E-state index contributed by atoms with van der Waals surface area (Å²) >= 11 is 7.18. The highest BCUT2D eigenvalue weighted by Gasteiger charge is 2.21. The largest absolute Gasteiger partial charge is 0.454 e. The van der Waals surface area contributed by atoms with Crippen LogP contribution in [0.3, 0.4) is 0 Å². The predicted octanol–water partition coefficient (Wildman–Crippen LogP) is 6.60. The molecule has 3 heterocycles. The maximum Gasteiger partial charge on any atom is 0.419 e. The number of halogens is 2. The molecule has 1 aromatic carbocycles. The number of aromatic nitrogens is 2. The summed E-state index contributed by atoms with van der Waals surface area (Å²) in [6.45, 7) is 5.44. The number of rotatable bonds is 2. The molecule has 0 aliphatic heterocycles. The third-order valence-corrected chi connectivity index (χ3v) is 5.03. The van der Waals surface area contributed by atoms with E-state index in [1.807, 2.05) is 26.2 Å². The van der Waals surface area contributed by atoms with E-state index in [-0.39, 0.29) is 5.02 Å². The highest BCUT2D eigenvalue weighted by atomic mass is 35.5. The number of fused-ring (bicyclic) bond motifs is 1.